The molecule has 0 aromatic heterocycles. The molecule has 46 heavy (non-hydrogen) atoms. The van der Waals surface area contributed by atoms with E-state index in [2.05, 4.69) is 157 Å². The van der Waals surface area contributed by atoms with Gasteiger partial charge in [-0.1, -0.05) is 71.8 Å². The van der Waals surface area contributed by atoms with Crippen LogP contribution in [0, 0.1) is 13.8 Å². The predicted octanol–water partition coefficient (Wildman–Crippen LogP) is 11.4. The molecule has 0 radical (unpaired) electrons. The Morgan fingerprint density at radius 3 is 0.848 bits per heavy atom. The number of benzene rings is 6. The quantitative estimate of drug-likeness (QED) is 0.146. The van der Waals surface area contributed by atoms with Crippen molar-refractivity contribution in [3.63, 3.8) is 0 Å². The molecule has 0 amide bonds. The number of hydrogen-bond acceptors (Lipinski definition) is 4. The summed E-state index contributed by atoms with van der Waals surface area (Å²) in [6, 6.07) is 50.9. The van der Waals surface area contributed by atoms with E-state index in [1.807, 2.05) is 24.3 Å². The normalized spacial score (nSPS) is 11.0. The highest BCUT2D eigenvalue weighted by Gasteiger charge is 2.14. The van der Waals surface area contributed by atoms with E-state index in [-0.39, 0.29) is 0 Å². The molecule has 0 N–H and O–H groups in total. The fourth-order valence-corrected chi connectivity index (χ4v) is 5.41. The van der Waals surface area contributed by atoms with Gasteiger partial charge in [-0.05, 0) is 122 Å². The lowest BCUT2D eigenvalue weighted by Crippen LogP contribution is -2.09. The Bertz CT molecular complexity index is 1730. The number of rotatable bonds is 10. The van der Waals surface area contributed by atoms with Crippen molar-refractivity contribution in [1.29, 1.82) is 0 Å². The van der Waals surface area contributed by atoms with Gasteiger partial charge in [0.05, 0.1) is 14.2 Å². The van der Waals surface area contributed by atoms with Gasteiger partial charge in [0.2, 0.25) is 0 Å². The van der Waals surface area contributed by atoms with Gasteiger partial charge in [-0.25, -0.2) is 0 Å². The van der Waals surface area contributed by atoms with Crippen LogP contribution in [-0.4, -0.2) is 14.2 Å². The van der Waals surface area contributed by atoms with Crippen LogP contribution in [0.4, 0.5) is 34.1 Å². The minimum atomic E-state index is 0.838. The van der Waals surface area contributed by atoms with Crippen LogP contribution in [0.15, 0.2) is 146 Å². The Morgan fingerprint density at radius 2 is 0.587 bits per heavy atom. The van der Waals surface area contributed by atoms with E-state index in [1.54, 1.807) is 14.2 Å². The molecule has 0 aliphatic carbocycles. The zero-order valence-electron chi connectivity index (χ0n) is 26.7. The third-order valence-electron chi connectivity index (χ3n) is 8.02. The summed E-state index contributed by atoms with van der Waals surface area (Å²) < 4.78 is 10.8. The average molecular weight is 603 g/mol. The lowest BCUT2D eigenvalue weighted by atomic mass is 10.1. The molecule has 6 rings (SSSR count). The molecule has 228 valence electrons. The van der Waals surface area contributed by atoms with Gasteiger partial charge < -0.3 is 19.3 Å². The molecule has 0 aliphatic heterocycles. The summed E-state index contributed by atoms with van der Waals surface area (Å²) in [7, 11) is 3.38. The van der Waals surface area contributed by atoms with Crippen LogP contribution in [0.5, 0.6) is 11.5 Å². The Balaban J connectivity index is 1.23. The molecule has 6 aromatic rings. The fraction of sp³-hybridized carbons (Fsp3) is 0.0952. The van der Waals surface area contributed by atoms with Crippen LogP contribution in [0.25, 0.3) is 12.2 Å². The topological polar surface area (TPSA) is 24.9 Å². The van der Waals surface area contributed by atoms with Crippen LogP contribution >= 0.6 is 0 Å². The van der Waals surface area contributed by atoms with Crippen LogP contribution < -0.4 is 19.3 Å². The zero-order valence-corrected chi connectivity index (χ0v) is 26.7. The number of methoxy groups -OCH3 is 2. The first-order chi connectivity index (χ1) is 22.5. The minimum absolute atomic E-state index is 0.838. The molecule has 4 heteroatoms. The van der Waals surface area contributed by atoms with E-state index < -0.39 is 0 Å². The van der Waals surface area contributed by atoms with Gasteiger partial charge in [-0.2, -0.15) is 0 Å². The molecule has 0 fully saturated rings. The van der Waals surface area contributed by atoms with E-state index in [0.717, 1.165) is 56.8 Å². The second-order valence-corrected chi connectivity index (χ2v) is 11.3. The maximum Gasteiger partial charge on any atom is 0.119 e. The number of anilines is 6. The van der Waals surface area contributed by atoms with Crippen molar-refractivity contribution in [2.75, 3.05) is 24.0 Å². The lowest BCUT2D eigenvalue weighted by molar-refractivity contribution is 0.414. The smallest absolute Gasteiger partial charge is 0.119 e. The molecular weight excluding hydrogens is 564 g/mol. The first-order valence-corrected chi connectivity index (χ1v) is 15.4. The van der Waals surface area contributed by atoms with Crippen molar-refractivity contribution < 1.29 is 9.47 Å². The number of nitrogens with zero attached hydrogens (tertiary/aromatic N) is 2. The number of aryl methyl sites for hydroxylation is 2. The van der Waals surface area contributed by atoms with Crippen LogP contribution in [0.2, 0.25) is 0 Å². The maximum absolute atomic E-state index is 5.39. The van der Waals surface area contributed by atoms with Gasteiger partial charge in [0.25, 0.3) is 0 Å². The molecule has 0 spiro atoms. The third kappa shape index (κ3) is 6.98. The van der Waals surface area contributed by atoms with Gasteiger partial charge >= 0.3 is 0 Å². The Hall–Kier alpha value is -5.74. The van der Waals surface area contributed by atoms with Crippen molar-refractivity contribution in [1.82, 2.24) is 0 Å². The summed E-state index contributed by atoms with van der Waals surface area (Å²) in [6.07, 6.45) is 4.31. The Morgan fingerprint density at radius 1 is 0.348 bits per heavy atom. The molecule has 0 saturated heterocycles. The standard InChI is InChI=1S/C42H38N2O2/c1-31-5-15-35(16-6-31)43(39-23-27-41(45-3)28-24-39)37-19-11-33(12-20-37)9-10-34-13-21-38(22-14-34)44(36-17-7-32(2)8-18-36)40-25-29-42(46-4)30-26-40/h5-30H,1-4H3/b10-9+. The van der Waals surface area contributed by atoms with E-state index >= 15 is 0 Å². The molecule has 6 aromatic carbocycles. The summed E-state index contributed by atoms with van der Waals surface area (Å²) in [6.45, 7) is 4.22. The third-order valence-corrected chi connectivity index (χ3v) is 8.02. The highest BCUT2D eigenvalue weighted by molar-refractivity contribution is 5.80. The summed E-state index contributed by atoms with van der Waals surface area (Å²) in [5.41, 5.74) is 11.3. The van der Waals surface area contributed by atoms with Crippen molar-refractivity contribution in [3.8, 4) is 11.5 Å². The Labute approximate surface area is 272 Å². The van der Waals surface area contributed by atoms with Crippen molar-refractivity contribution in [3.05, 3.63) is 168 Å². The molecule has 0 atom stereocenters. The second-order valence-electron chi connectivity index (χ2n) is 11.3. The molecular formula is C42H38N2O2. The van der Waals surface area contributed by atoms with Gasteiger partial charge in [-0.3, -0.25) is 0 Å². The fourth-order valence-electron chi connectivity index (χ4n) is 5.41. The highest BCUT2D eigenvalue weighted by Crippen LogP contribution is 2.37. The molecule has 0 saturated carbocycles. The molecule has 0 aliphatic rings. The summed E-state index contributed by atoms with van der Waals surface area (Å²) in [5, 5.41) is 0. The highest BCUT2D eigenvalue weighted by atomic mass is 16.5. The monoisotopic (exact) mass is 602 g/mol. The van der Waals surface area contributed by atoms with Gasteiger partial charge in [0.1, 0.15) is 11.5 Å². The van der Waals surface area contributed by atoms with Crippen LogP contribution in [0.3, 0.4) is 0 Å². The summed E-state index contributed by atoms with van der Waals surface area (Å²) >= 11 is 0. The first-order valence-electron chi connectivity index (χ1n) is 15.4. The van der Waals surface area contributed by atoms with Crippen molar-refractivity contribution >= 4 is 46.3 Å². The average Bonchev–Trinajstić information content (AvgIpc) is 3.11. The van der Waals surface area contributed by atoms with Gasteiger partial charge in [0, 0.05) is 34.1 Å². The van der Waals surface area contributed by atoms with Crippen LogP contribution in [-0.2, 0) is 0 Å². The molecule has 4 nitrogen and oxygen atoms in total. The predicted molar refractivity (Wildman–Crippen MR) is 194 cm³/mol. The van der Waals surface area contributed by atoms with Gasteiger partial charge in [-0.15, -0.1) is 0 Å². The first kappa shape index (κ1) is 30.3. The lowest BCUT2D eigenvalue weighted by Gasteiger charge is -2.26. The maximum atomic E-state index is 5.39. The van der Waals surface area contributed by atoms with Crippen molar-refractivity contribution in [2.45, 2.75) is 13.8 Å². The van der Waals surface area contributed by atoms with E-state index in [1.165, 1.54) is 11.1 Å². The largest absolute Gasteiger partial charge is 0.497 e. The van der Waals surface area contributed by atoms with Crippen molar-refractivity contribution in [2.24, 2.45) is 0 Å². The Kier molecular flexibility index (Phi) is 9.17. The number of ether oxygens (including phenoxy) is 2. The van der Waals surface area contributed by atoms with E-state index in [0.29, 0.717) is 0 Å². The molecule has 0 unspecified atom stereocenters. The minimum Gasteiger partial charge on any atom is -0.497 e. The molecule has 0 bridgehead atoms. The number of hydrogen-bond donors (Lipinski definition) is 0. The SMILES string of the molecule is COc1ccc(N(c2ccc(C)cc2)c2ccc(/C=C/c3ccc(N(c4ccc(C)cc4)c4ccc(OC)cc4)cc3)cc2)cc1. The molecule has 0 heterocycles. The summed E-state index contributed by atoms with van der Waals surface area (Å²) in [4.78, 5) is 4.52. The summed E-state index contributed by atoms with van der Waals surface area (Å²) in [5.74, 6) is 1.68. The van der Waals surface area contributed by atoms with E-state index in [4.69, 9.17) is 9.47 Å². The van der Waals surface area contributed by atoms with Crippen LogP contribution in [0.1, 0.15) is 22.3 Å². The second kappa shape index (κ2) is 13.9. The van der Waals surface area contributed by atoms with E-state index in [9.17, 15) is 0 Å². The van der Waals surface area contributed by atoms with Gasteiger partial charge in [0.15, 0.2) is 0 Å². The zero-order chi connectivity index (χ0) is 31.9.